The molecule has 1 amide bonds. The number of piperidine rings is 1. The molecule has 0 radical (unpaired) electrons. The van der Waals surface area contributed by atoms with Crippen LogP contribution in [0.15, 0.2) is 17.9 Å². The zero-order valence-corrected chi connectivity index (χ0v) is 18.0. The van der Waals surface area contributed by atoms with Crippen LogP contribution in [0.3, 0.4) is 0 Å². The number of hydrogen-bond donors (Lipinski definition) is 3. The first-order valence-electron chi connectivity index (χ1n) is 10.6. The summed E-state index contributed by atoms with van der Waals surface area (Å²) in [7, 11) is 1.64. The van der Waals surface area contributed by atoms with E-state index < -0.39 is 5.54 Å². The SMILES string of the molecule is CON1CCC2(CC1)NC(=O)C(c1c(C)cc(C)cc1C)=C2O.OC1CCCC1. The van der Waals surface area contributed by atoms with Gasteiger partial charge in [-0.15, -0.1) is 0 Å². The molecule has 2 aliphatic heterocycles. The van der Waals surface area contributed by atoms with E-state index in [2.05, 4.69) is 17.4 Å². The molecule has 29 heavy (non-hydrogen) atoms. The number of aliphatic hydroxyl groups excluding tert-OH is 2. The molecule has 6 heteroatoms. The van der Waals surface area contributed by atoms with Gasteiger partial charge in [0.1, 0.15) is 11.3 Å². The average Bonchev–Trinajstić information content (AvgIpc) is 3.23. The van der Waals surface area contributed by atoms with Crippen LogP contribution in [0.5, 0.6) is 0 Å². The van der Waals surface area contributed by atoms with E-state index in [4.69, 9.17) is 9.94 Å². The maximum atomic E-state index is 12.6. The Labute approximate surface area is 173 Å². The van der Waals surface area contributed by atoms with Crippen LogP contribution in [0, 0.1) is 20.8 Å². The Hall–Kier alpha value is -1.89. The second-order valence-electron chi connectivity index (χ2n) is 8.58. The van der Waals surface area contributed by atoms with E-state index in [1.54, 1.807) is 7.11 Å². The summed E-state index contributed by atoms with van der Waals surface area (Å²) < 4.78 is 0. The lowest BCUT2D eigenvalue weighted by Crippen LogP contribution is -2.52. The van der Waals surface area contributed by atoms with Crippen molar-refractivity contribution < 1.29 is 19.8 Å². The van der Waals surface area contributed by atoms with Crippen molar-refractivity contribution in [3.63, 3.8) is 0 Å². The molecular formula is C23H34N2O4. The number of carbonyl (C=O) groups excluding carboxylic acids is 1. The summed E-state index contributed by atoms with van der Waals surface area (Å²) in [6.07, 6.45) is 5.89. The highest BCUT2D eigenvalue weighted by Crippen LogP contribution is 2.40. The zero-order valence-electron chi connectivity index (χ0n) is 18.0. The van der Waals surface area contributed by atoms with E-state index in [0.29, 0.717) is 31.5 Å². The van der Waals surface area contributed by atoms with Gasteiger partial charge in [-0.3, -0.25) is 4.79 Å². The molecule has 0 atom stereocenters. The molecule has 0 aromatic heterocycles. The number of amides is 1. The number of hydroxylamine groups is 2. The fourth-order valence-electron chi connectivity index (χ4n) is 4.81. The number of aryl methyl sites for hydroxylation is 3. The lowest BCUT2D eigenvalue weighted by molar-refractivity contribution is -0.152. The molecule has 3 N–H and O–H groups in total. The largest absolute Gasteiger partial charge is 0.509 e. The highest BCUT2D eigenvalue weighted by atomic mass is 16.7. The monoisotopic (exact) mass is 402 g/mol. The van der Waals surface area contributed by atoms with Crippen LogP contribution in [0.1, 0.15) is 60.8 Å². The van der Waals surface area contributed by atoms with Gasteiger partial charge in [-0.1, -0.05) is 30.5 Å². The topological polar surface area (TPSA) is 82.0 Å². The van der Waals surface area contributed by atoms with Gasteiger partial charge in [0, 0.05) is 13.1 Å². The molecule has 2 heterocycles. The van der Waals surface area contributed by atoms with Crippen molar-refractivity contribution in [1.82, 2.24) is 10.4 Å². The van der Waals surface area contributed by atoms with Gasteiger partial charge in [0.25, 0.3) is 5.91 Å². The summed E-state index contributed by atoms with van der Waals surface area (Å²) in [5.41, 5.74) is 3.84. The van der Waals surface area contributed by atoms with Gasteiger partial charge in [0.2, 0.25) is 0 Å². The molecule has 1 aliphatic carbocycles. The van der Waals surface area contributed by atoms with E-state index in [1.165, 1.54) is 12.8 Å². The lowest BCUT2D eigenvalue weighted by atomic mass is 9.85. The quantitative estimate of drug-likeness (QED) is 0.707. The van der Waals surface area contributed by atoms with Crippen LogP contribution in [-0.4, -0.2) is 53.0 Å². The molecule has 6 nitrogen and oxygen atoms in total. The third-order valence-corrected chi connectivity index (χ3v) is 6.36. The lowest BCUT2D eigenvalue weighted by Gasteiger charge is -2.37. The van der Waals surface area contributed by atoms with Gasteiger partial charge in [-0.25, -0.2) is 0 Å². The fraction of sp³-hybridized carbons (Fsp3) is 0.609. The van der Waals surface area contributed by atoms with Crippen molar-refractivity contribution in [2.45, 2.75) is 70.9 Å². The summed E-state index contributed by atoms with van der Waals surface area (Å²) >= 11 is 0. The van der Waals surface area contributed by atoms with Crippen LogP contribution >= 0.6 is 0 Å². The van der Waals surface area contributed by atoms with Gasteiger partial charge >= 0.3 is 0 Å². The predicted molar refractivity (Wildman–Crippen MR) is 113 cm³/mol. The minimum absolute atomic E-state index is 0.0463. The third-order valence-electron chi connectivity index (χ3n) is 6.36. The Balaban J connectivity index is 0.000000343. The summed E-state index contributed by atoms with van der Waals surface area (Å²) in [5.74, 6) is 0.0109. The Bertz CT molecular complexity index is 765. The van der Waals surface area contributed by atoms with E-state index in [1.807, 2.05) is 25.8 Å². The number of carbonyl (C=O) groups is 1. The number of nitrogens with one attached hydrogen (secondary N) is 1. The van der Waals surface area contributed by atoms with Crippen LogP contribution in [0.25, 0.3) is 5.57 Å². The molecule has 1 aromatic rings. The normalized spacial score (nSPS) is 22.0. The first-order chi connectivity index (χ1) is 13.8. The molecule has 160 valence electrons. The molecule has 1 saturated heterocycles. The fourth-order valence-corrected chi connectivity index (χ4v) is 4.81. The number of rotatable bonds is 2. The van der Waals surface area contributed by atoms with Crippen LogP contribution in [-0.2, 0) is 9.63 Å². The highest BCUT2D eigenvalue weighted by molar-refractivity contribution is 6.24. The molecule has 1 spiro atoms. The molecule has 2 fully saturated rings. The van der Waals surface area contributed by atoms with E-state index in [-0.39, 0.29) is 17.8 Å². The van der Waals surface area contributed by atoms with Crippen molar-refractivity contribution in [2.24, 2.45) is 0 Å². The average molecular weight is 403 g/mol. The molecule has 3 aliphatic rings. The Morgan fingerprint density at radius 2 is 1.66 bits per heavy atom. The van der Waals surface area contributed by atoms with Gasteiger partial charge in [-0.05, 0) is 63.1 Å². The minimum atomic E-state index is -0.648. The summed E-state index contributed by atoms with van der Waals surface area (Å²) in [5, 5.41) is 24.5. The van der Waals surface area contributed by atoms with Crippen molar-refractivity contribution in [3.8, 4) is 0 Å². The summed E-state index contributed by atoms with van der Waals surface area (Å²) in [6.45, 7) is 7.37. The second kappa shape index (κ2) is 8.86. The van der Waals surface area contributed by atoms with Crippen LogP contribution in [0.2, 0.25) is 0 Å². The first kappa shape index (κ1) is 21.8. The standard InChI is InChI=1S/C18H24N2O3.C5H10O/c1-11-9-12(2)14(13(3)10-11)15-16(21)18(19-17(15)22)5-7-20(23-4)8-6-18;6-5-3-1-2-4-5/h9-10,21H,5-8H2,1-4H3,(H,19,22);5-6H,1-4H2. The van der Waals surface area contributed by atoms with Crippen molar-refractivity contribution in [2.75, 3.05) is 20.2 Å². The maximum Gasteiger partial charge on any atom is 0.256 e. The van der Waals surface area contributed by atoms with Crippen molar-refractivity contribution in [1.29, 1.82) is 0 Å². The Morgan fingerprint density at radius 3 is 2.10 bits per heavy atom. The van der Waals surface area contributed by atoms with E-state index in [0.717, 1.165) is 35.1 Å². The number of nitrogens with zero attached hydrogens (tertiary/aromatic N) is 1. The summed E-state index contributed by atoms with van der Waals surface area (Å²) in [4.78, 5) is 17.9. The predicted octanol–water partition coefficient (Wildman–Crippen LogP) is 3.33. The van der Waals surface area contributed by atoms with E-state index in [9.17, 15) is 9.90 Å². The second-order valence-corrected chi connectivity index (χ2v) is 8.58. The van der Waals surface area contributed by atoms with Gasteiger partial charge in [0.15, 0.2) is 0 Å². The van der Waals surface area contributed by atoms with E-state index >= 15 is 0 Å². The molecule has 1 aromatic carbocycles. The van der Waals surface area contributed by atoms with Crippen LogP contribution in [0.4, 0.5) is 0 Å². The molecule has 0 bridgehead atoms. The highest BCUT2D eigenvalue weighted by Gasteiger charge is 2.48. The molecule has 1 saturated carbocycles. The van der Waals surface area contributed by atoms with Crippen molar-refractivity contribution >= 4 is 11.5 Å². The van der Waals surface area contributed by atoms with Gasteiger partial charge < -0.3 is 20.4 Å². The van der Waals surface area contributed by atoms with Gasteiger partial charge in [0.05, 0.1) is 18.8 Å². The maximum absolute atomic E-state index is 12.6. The first-order valence-corrected chi connectivity index (χ1v) is 10.6. The van der Waals surface area contributed by atoms with Gasteiger partial charge in [-0.2, -0.15) is 5.06 Å². The molecule has 0 unspecified atom stereocenters. The summed E-state index contributed by atoms with van der Waals surface area (Å²) in [6, 6.07) is 4.10. The molecule has 4 rings (SSSR count). The smallest absolute Gasteiger partial charge is 0.256 e. The zero-order chi connectivity index (χ0) is 21.2. The molecular weight excluding hydrogens is 368 g/mol. The minimum Gasteiger partial charge on any atom is -0.509 e. The number of aliphatic hydroxyl groups is 2. The Morgan fingerprint density at radius 1 is 1.10 bits per heavy atom. The van der Waals surface area contributed by atoms with Crippen molar-refractivity contribution in [3.05, 3.63) is 40.1 Å². The number of benzene rings is 1. The third kappa shape index (κ3) is 4.49. The Kier molecular flexibility index (Phi) is 6.66. The van der Waals surface area contributed by atoms with Crippen LogP contribution < -0.4 is 5.32 Å². The number of hydrogen-bond acceptors (Lipinski definition) is 5.